The molecule has 0 radical (unpaired) electrons. The maximum absolute atomic E-state index is 11.3. The van der Waals surface area contributed by atoms with Gasteiger partial charge in [-0.3, -0.25) is 15.1 Å². The fourth-order valence-corrected chi connectivity index (χ4v) is 4.04. The summed E-state index contributed by atoms with van der Waals surface area (Å²) in [5.41, 5.74) is 5.50. The van der Waals surface area contributed by atoms with E-state index in [4.69, 9.17) is 21.7 Å². The molecule has 3 rings (SSSR count). The number of hydrogen-bond acceptors (Lipinski definition) is 5. The van der Waals surface area contributed by atoms with Crippen molar-refractivity contribution < 1.29 is 4.92 Å². The summed E-state index contributed by atoms with van der Waals surface area (Å²) in [4.78, 5) is 16.2. The van der Waals surface area contributed by atoms with Crippen molar-refractivity contribution in [2.75, 3.05) is 0 Å². The predicted molar refractivity (Wildman–Crippen MR) is 124 cm³/mol. The fraction of sp³-hybridized carbons (Fsp3) is 0.273. The molecule has 156 valence electrons. The third-order valence-electron chi connectivity index (χ3n) is 4.67. The summed E-state index contributed by atoms with van der Waals surface area (Å²) in [6, 6.07) is 11.1. The molecule has 1 heterocycles. The molecular formula is C22H23ClN4O2S. The monoisotopic (exact) mass is 442 g/mol. The minimum atomic E-state index is -0.489. The van der Waals surface area contributed by atoms with Crippen molar-refractivity contribution in [2.24, 2.45) is 10.1 Å². The number of rotatable bonds is 5. The molecule has 3 aromatic rings. The Kier molecular flexibility index (Phi) is 6.53. The van der Waals surface area contributed by atoms with Gasteiger partial charge in [0.1, 0.15) is 5.02 Å². The molecule has 0 fully saturated rings. The SMILES string of the molecule is CC(=Nn1c(-c2ccc(C)c(C)c2)csc1=NC(C)C)c1ccc(Cl)c([N+](=O)[O-])c1. The summed E-state index contributed by atoms with van der Waals surface area (Å²) in [5.74, 6) is 0. The van der Waals surface area contributed by atoms with E-state index in [0.717, 1.165) is 16.1 Å². The zero-order chi connectivity index (χ0) is 22.0. The van der Waals surface area contributed by atoms with E-state index >= 15 is 0 Å². The molecule has 0 N–H and O–H groups in total. The van der Waals surface area contributed by atoms with Crippen molar-refractivity contribution in [3.05, 3.63) is 78.4 Å². The van der Waals surface area contributed by atoms with Gasteiger partial charge in [-0.05, 0) is 57.9 Å². The third-order valence-corrected chi connectivity index (χ3v) is 5.82. The lowest BCUT2D eigenvalue weighted by atomic mass is 10.1. The number of nitro benzene ring substituents is 1. The first-order valence-corrected chi connectivity index (χ1v) is 10.7. The number of hydrogen-bond donors (Lipinski definition) is 0. The van der Waals surface area contributed by atoms with E-state index in [-0.39, 0.29) is 16.8 Å². The highest BCUT2D eigenvalue weighted by atomic mass is 35.5. The number of aryl methyl sites for hydroxylation is 2. The number of thiazole rings is 1. The van der Waals surface area contributed by atoms with Crippen LogP contribution in [0.5, 0.6) is 0 Å². The number of nitrogens with zero attached hydrogens (tertiary/aromatic N) is 4. The summed E-state index contributed by atoms with van der Waals surface area (Å²) in [7, 11) is 0. The van der Waals surface area contributed by atoms with Crippen LogP contribution in [-0.4, -0.2) is 21.4 Å². The second-order valence-corrected chi connectivity index (χ2v) is 8.59. The first-order chi connectivity index (χ1) is 14.2. The number of aromatic nitrogens is 1. The summed E-state index contributed by atoms with van der Waals surface area (Å²) >= 11 is 7.47. The van der Waals surface area contributed by atoms with Gasteiger partial charge < -0.3 is 0 Å². The van der Waals surface area contributed by atoms with Gasteiger partial charge in [-0.15, -0.1) is 11.3 Å². The summed E-state index contributed by atoms with van der Waals surface area (Å²) < 4.78 is 1.81. The van der Waals surface area contributed by atoms with Gasteiger partial charge in [0.2, 0.25) is 4.80 Å². The summed E-state index contributed by atoms with van der Waals surface area (Å²) in [5, 5.41) is 18.2. The first-order valence-electron chi connectivity index (χ1n) is 9.49. The Morgan fingerprint density at radius 3 is 2.53 bits per heavy atom. The molecule has 0 aliphatic rings. The second-order valence-electron chi connectivity index (χ2n) is 7.35. The van der Waals surface area contributed by atoms with Gasteiger partial charge in [0, 0.05) is 28.6 Å². The molecule has 6 nitrogen and oxygen atoms in total. The molecular weight excluding hydrogens is 420 g/mol. The van der Waals surface area contributed by atoms with Crippen LogP contribution in [-0.2, 0) is 0 Å². The van der Waals surface area contributed by atoms with Crippen molar-refractivity contribution in [3.8, 4) is 11.3 Å². The molecule has 0 spiro atoms. The Morgan fingerprint density at radius 1 is 1.17 bits per heavy atom. The van der Waals surface area contributed by atoms with E-state index < -0.39 is 4.92 Å². The van der Waals surface area contributed by atoms with Gasteiger partial charge in [-0.1, -0.05) is 29.8 Å². The molecule has 8 heteroatoms. The van der Waals surface area contributed by atoms with Crippen molar-refractivity contribution in [1.29, 1.82) is 0 Å². The van der Waals surface area contributed by atoms with E-state index in [1.54, 1.807) is 6.07 Å². The van der Waals surface area contributed by atoms with Crippen LogP contribution >= 0.6 is 22.9 Å². The minimum absolute atomic E-state index is 0.103. The van der Waals surface area contributed by atoms with Crippen LogP contribution in [0.4, 0.5) is 5.69 Å². The molecule has 0 bridgehead atoms. The van der Waals surface area contributed by atoms with Gasteiger partial charge in [0.25, 0.3) is 5.69 Å². The summed E-state index contributed by atoms with van der Waals surface area (Å²) in [6.07, 6.45) is 0. The minimum Gasteiger partial charge on any atom is -0.258 e. The van der Waals surface area contributed by atoms with E-state index in [2.05, 4.69) is 32.0 Å². The molecule has 0 aliphatic heterocycles. The van der Waals surface area contributed by atoms with Crippen molar-refractivity contribution in [2.45, 2.75) is 40.7 Å². The molecule has 1 aromatic heterocycles. The van der Waals surface area contributed by atoms with Crippen LogP contribution in [0.25, 0.3) is 11.3 Å². The van der Waals surface area contributed by atoms with Gasteiger partial charge >= 0.3 is 0 Å². The highest BCUT2D eigenvalue weighted by Crippen LogP contribution is 2.26. The standard InChI is InChI=1S/C22H23ClN4O2S/c1-13(2)24-22-26(21(12-30-22)18-7-6-14(3)15(4)10-18)25-16(5)17-8-9-19(23)20(11-17)27(28)29/h6-13H,1-5H3. The van der Waals surface area contributed by atoms with Gasteiger partial charge in [0.15, 0.2) is 0 Å². The smallest absolute Gasteiger partial charge is 0.258 e. The number of halogens is 1. The molecule has 0 unspecified atom stereocenters. The number of nitro groups is 1. The molecule has 30 heavy (non-hydrogen) atoms. The van der Waals surface area contributed by atoms with Gasteiger partial charge in [-0.25, -0.2) is 4.68 Å². The second kappa shape index (κ2) is 8.93. The topological polar surface area (TPSA) is 72.8 Å². The van der Waals surface area contributed by atoms with Crippen LogP contribution in [0.1, 0.15) is 37.5 Å². The Balaban J connectivity index is 2.18. The lowest BCUT2D eigenvalue weighted by Crippen LogP contribution is -2.16. The lowest BCUT2D eigenvalue weighted by molar-refractivity contribution is -0.384. The normalized spacial score (nSPS) is 12.6. The average molecular weight is 443 g/mol. The maximum Gasteiger partial charge on any atom is 0.288 e. The van der Waals surface area contributed by atoms with Crippen LogP contribution in [0, 0.1) is 24.0 Å². The third kappa shape index (κ3) is 4.68. The maximum atomic E-state index is 11.3. The Labute approximate surface area is 184 Å². The summed E-state index contributed by atoms with van der Waals surface area (Å²) in [6.45, 7) is 10.0. The molecule has 0 aliphatic carbocycles. The first kappa shape index (κ1) is 21.9. The molecule has 2 aromatic carbocycles. The van der Waals surface area contributed by atoms with Crippen LogP contribution in [0.3, 0.4) is 0 Å². The van der Waals surface area contributed by atoms with Crippen molar-refractivity contribution in [3.63, 3.8) is 0 Å². The Bertz CT molecular complexity index is 1210. The van der Waals surface area contributed by atoms with Crippen molar-refractivity contribution >= 4 is 34.3 Å². The quantitative estimate of drug-likeness (QED) is 0.277. The largest absolute Gasteiger partial charge is 0.288 e. The van der Waals surface area contributed by atoms with Gasteiger partial charge in [-0.2, -0.15) is 5.10 Å². The molecule has 0 amide bonds. The molecule has 0 atom stereocenters. The predicted octanol–water partition coefficient (Wildman–Crippen LogP) is 5.98. The van der Waals surface area contributed by atoms with E-state index in [0.29, 0.717) is 11.3 Å². The van der Waals surface area contributed by atoms with Crippen LogP contribution in [0.2, 0.25) is 5.02 Å². The van der Waals surface area contributed by atoms with E-state index in [1.165, 1.54) is 34.6 Å². The van der Waals surface area contributed by atoms with Crippen LogP contribution < -0.4 is 4.80 Å². The van der Waals surface area contributed by atoms with Crippen LogP contribution in [0.15, 0.2) is 51.9 Å². The van der Waals surface area contributed by atoms with E-state index in [1.807, 2.05) is 30.8 Å². The van der Waals surface area contributed by atoms with Gasteiger partial charge in [0.05, 0.1) is 16.3 Å². The number of benzene rings is 2. The van der Waals surface area contributed by atoms with Crippen molar-refractivity contribution in [1.82, 2.24) is 4.68 Å². The lowest BCUT2D eigenvalue weighted by Gasteiger charge is -2.09. The Hall–Kier alpha value is -2.77. The highest BCUT2D eigenvalue weighted by molar-refractivity contribution is 7.07. The van der Waals surface area contributed by atoms with E-state index in [9.17, 15) is 10.1 Å². The molecule has 0 saturated carbocycles. The fourth-order valence-electron chi connectivity index (χ4n) is 2.89. The zero-order valence-electron chi connectivity index (χ0n) is 17.5. The Morgan fingerprint density at radius 2 is 1.90 bits per heavy atom. The zero-order valence-corrected chi connectivity index (χ0v) is 19.1. The highest BCUT2D eigenvalue weighted by Gasteiger charge is 2.15. The average Bonchev–Trinajstić information content (AvgIpc) is 3.05. The molecule has 0 saturated heterocycles.